The van der Waals surface area contributed by atoms with Crippen LogP contribution in [0.25, 0.3) is 16.5 Å². The highest BCUT2D eigenvalue weighted by Gasteiger charge is 2.36. The summed E-state index contributed by atoms with van der Waals surface area (Å²) < 4.78 is 55.7. The molecular weight excluding hydrogens is 1140 g/mol. The number of aromatic nitrogens is 5. The molecule has 4 aliphatic heterocycles. The van der Waals surface area contributed by atoms with E-state index in [-0.39, 0.29) is 73.2 Å². The molecule has 5 amide bonds. The third-order valence-corrected chi connectivity index (χ3v) is 16.6. The summed E-state index contributed by atoms with van der Waals surface area (Å²) in [5, 5.41) is 17.8. The van der Waals surface area contributed by atoms with Crippen LogP contribution in [0.2, 0.25) is 5.02 Å². The lowest BCUT2D eigenvalue weighted by atomic mass is 9.92. The number of benzene rings is 2. The van der Waals surface area contributed by atoms with Gasteiger partial charge in [-0.15, -0.1) is 0 Å². The van der Waals surface area contributed by atoms with Gasteiger partial charge in [0.25, 0.3) is 17.9 Å². The molecule has 0 spiro atoms. The van der Waals surface area contributed by atoms with Gasteiger partial charge in [-0.25, -0.2) is 23.5 Å². The molecule has 0 radical (unpaired) electrons. The minimum Gasteiger partial charge on any atom is -0.494 e. The number of ether oxygens (including phenoxy) is 4. The summed E-state index contributed by atoms with van der Waals surface area (Å²) in [6, 6.07) is 8.31. The number of carbonyl (C=O) groups excluding carboxylic acids is 4. The number of anilines is 4. The largest absolute Gasteiger partial charge is 0.494 e. The summed E-state index contributed by atoms with van der Waals surface area (Å²) in [5.41, 5.74) is 11.3. The van der Waals surface area contributed by atoms with Crippen LogP contribution in [0.4, 0.5) is 36.7 Å². The smallest absolute Gasteiger partial charge is 0.317 e. The quantitative estimate of drug-likeness (QED) is 0.0412. The molecule has 2 fully saturated rings. The zero-order valence-corrected chi connectivity index (χ0v) is 50.0. The number of piperidine rings is 2. The Bertz CT molecular complexity index is 3400. The first-order chi connectivity index (χ1) is 41.6. The van der Waals surface area contributed by atoms with E-state index in [1.54, 1.807) is 56.5 Å². The monoisotopic (exact) mass is 1210 g/mol. The average molecular weight is 1210 g/mol. The summed E-state index contributed by atoms with van der Waals surface area (Å²) in [6.45, 7) is 5.02. The van der Waals surface area contributed by atoms with Crippen LogP contribution >= 0.6 is 11.6 Å². The van der Waals surface area contributed by atoms with E-state index in [0.29, 0.717) is 172 Å². The maximum atomic E-state index is 14.8. The van der Waals surface area contributed by atoms with Crippen LogP contribution in [0.3, 0.4) is 0 Å². The van der Waals surface area contributed by atoms with E-state index >= 15 is 0 Å². The normalized spacial score (nSPS) is 15.9. The lowest BCUT2D eigenvalue weighted by Gasteiger charge is -2.34. The fraction of sp³-hybridized carbons (Fsp3) is 0.508. The molecule has 462 valence electrons. The first-order valence-corrected chi connectivity index (χ1v) is 29.4. The number of carbonyl (C=O) groups is 4. The van der Waals surface area contributed by atoms with E-state index in [0.717, 1.165) is 23.2 Å². The third kappa shape index (κ3) is 14.2. The molecule has 0 aliphatic carbocycles. The van der Waals surface area contributed by atoms with Crippen LogP contribution in [0.15, 0.2) is 52.5 Å². The molecule has 86 heavy (non-hydrogen) atoms. The van der Waals surface area contributed by atoms with E-state index in [1.807, 2.05) is 20.8 Å². The van der Waals surface area contributed by atoms with E-state index in [4.69, 9.17) is 46.4 Å². The van der Waals surface area contributed by atoms with Crippen molar-refractivity contribution < 1.29 is 46.9 Å². The summed E-state index contributed by atoms with van der Waals surface area (Å²) in [5.74, 6) is 1.03. The van der Waals surface area contributed by atoms with Crippen LogP contribution in [0.5, 0.6) is 11.5 Å². The topological polar surface area (TPSA) is 270 Å². The van der Waals surface area contributed by atoms with Gasteiger partial charge in [-0.2, -0.15) is 5.10 Å². The summed E-state index contributed by atoms with van der Waals surface area (Å²) >= 11 is 6.57. The van der Waals surface area contributed by atoms with Crippen LogP contribution in [0.1, 0.15) is 84.6 Å². The molecule has 4 aliphatic rings. The van der Waals surface area contributed by atoms with Gasteiger partial charge in [0.2, 0.25) is 17.8 Å². The number of hydrogen-bond acceptors (Lipinski definition) is 17. The number of allylic oxidation sites excluding steroid dienone is 1. The van der Waals surface area contributed by atoms with Gasteiger partial charge in [-0.05, 0) is 73.9 Å². The molecule has 3 aromatic heterocycles. The van der Waals surface area contributed by atoms with Crippen molar-refractivity contribution in [1.82, 2.24) is 50.1 Å². The van der Waals surface area contributed by atoms with Crippen molar-refractivity contribution in [2.45, 2.75) is 76.9 Å². The Labute approximate surface area is 502 Å². The van der Waals surface area contributed by atoms with Gasteiger partial charge in [0.1, 0.15) is 5.75 Å². The zero-order chi connectivity index (χ0) is 61.0. The predicted molar refractivity (Wildman–Crippen MR) is 323 cm³/mol. The highest BCUT2D eigenvalue weighted by atomic mass is 35.5. The second-order valence-corrected chi connectivity index (χ2v) is 21.9. The van der Waals surface area contributed by atoms with Crippen molar-refractivity contribution in [2.24, 2.45) is 23.7 Å². The van der Waals surface area contributed by atoms with Gasteiger partial charge >= 0.3 is 6.03 Å². The van der Waals surface area contributed by atoms with Crippen molar-refractivity contribution in [3.05, 3.63) is 91.7 Å². The van der Waals surface area contributed by atoms with Crippen LogP contribution in [0, 0.1) is 5.92 Å². The maximum absolute atomic E-state index is 14.8. The number of likely N-dealkylation sites (N-methyl/N-ethyl adjacent to an activating group) is 1. The number of halogens is 3. The summed E-state index contributed by atoms with van der Waals surface area (Å²) in [4.78, 5) is 85.2. The second kappa shape index (κ2) is 28.9. The maximum Gasteiger partial charge on any atom is 0.317 e. The third-order valence-electron chi connectivity index (χ3n) is 16.2. The van der Waals surface area contributed by atoms with E-state index in [2.05, 4.69) is 35.9 Å². The predicted octanol–water partition coefficient (Wildman–Crippen LogP) is 5.26. The van der Waals surface area contributed by atoms with Crippen LogP contribution in [-0.2, 0) is 56.8 Å². The summed E-state index contributed by atoms with van der Waals surface area (Å²) in [6.07, 6.45) is 6.39. The van der Waals surface area contributed by atoms with Gasteiger partial charge in [-0.3, -0.25) is 28.9 Å². The van der Waals surface area contributed by atoms with Crippen molar-refractivity contribution in [2.75, 3.05) is 122 Å². The molecule has 24 nitrogen and oxygen atoms in total. The molecule has 2 aromatic carbocycles. The molecule has 7 heterocycles. The van der Waals surface area contributed by atoms with Crippen molar-refractivity contribution in [3.8, 4) is 11.5 Å². The SMILES string of the molecule is CN=CC(=CN)c1cc2c(cc1C(F)F)N(c1nn(C3CCN(C(=O)CCOCCOCCNC(=O)C4CCN(c5ncc(Cl)c(CNc6cc(OC)c7c(c6)cc(OCC(=O)NC)c(=O)n7C)n5)CC4)CC3)c3c1CN(C(=O)NC)CC3)CCC2. The number of alkyl halides is 2. The van der Waals surface area contributed by atoms with Gasteiger partial charge in [0.05, 0.1) is 81.5 Å². The number of fused-ring (bicyclic) bond motifs is 3. The van der Waals surface area contributed by atoms with Gasteiger partial charge in [0.15, 0.2) is 18.2 Å². The number of aliphatic imine (C=N–C) groups is 1. The number of nitrogens with one attached hydrogen (secondary N) is 4. The Kier molecular flexibility index (Phi) is 20.9. The summed E-state index contributed by atoms with van der Waals surface area (Å²) in [7, 11) is 7.77. The molecule has 0 bridgehead atoms. The fourth-order valence-electron chi connectivity index (χ4n) is 11.7. The number of amides is 5. The molecule has 0 atom stereocenters. The average Bonchev–Trinajstić information content (AvgIpc) is 4.14. The second-order valence-electron chi connectivity index (χ2n) is 21.5. The highest BCUT2D eigenvalue weighted by Crippen LogP contribution is 2.43. The Morgan fingerprint density at radius 1 is 0.919 bits per heavy atom. The molecule has 0 saturated carbocycles. The standard InChI is InChI=1S/C59H76ClF2N15O9/c1-64-31-39(30-63)42-26-37-7-6-15-76(48(37)29-43(42)54(61)62)55-44-34-75(59(82)66-3)20-12-47(44)77(71-55)41-10-18-73(19-11-41)52(79)13-21-84-23-24-85-22-14-67-56(80)36-8-16-74(17-9-36)58-69-32-45(60)46(70-58)33-68-40-25-38-27-50(86-35-51(78)65-2)57(81)72(4)53(38)49(28-40)83-5/h25-32,36,41,54,68H,6-24,33-35,63H2,1-5H3,(H,65,78)(H,66,82)(H,67,80). The molecule has 2 saturated heterocycles. The van der Waals surface area contributed by atoms with Gasteiger partial charge in [0, 0.05) is 144 Å². The van der Waals surface area contributed by atoms with Crippen molar-refractivity contribution in [1.29, 1.82) is 0 Å². The molecule has 6 N–H and O–H groups in total. The number of pyridine rings is 1. The van der Waals surface area contributed by atoms with Crippen molar-refractivity contribution >= 4 is 81.2 Å². The van der Waals surface area contributed by atoms with Crippen molar-refractivity contribution in [3.63, 3.8) is 0 Å². The highest BCUT2D eigenvalue weighted by molar-refractivity contribution is 6.31. The lowest BCUT2D eigenvalue weighted by Crippen LogP contribution is -2.42. The minimum atomic E-state index is -2.76. The van der Waals surface area contributed by atoms with Gasteiger partial charge in [-0.1, -0.05) is 11.6 Å². The number of aryl methyl sites for hydroxylation is 2. The fourth-order valence-corrected chi connectivity index (χ4v) is 11.8. The van der Waals surface area contributed by atoms with E-state index in [1.165, 1.54) is 31.1 Å². The Morgan fingerprint density at radius 2 is 1.69 bits per heavy atom. The first-order valence-electron chi connectivity index (χ1n) is 29.0. The molecular formula is C59H76ClF2N15O9. The molecule has 5 aromatic rings. The zero-order valence-electron chi connectivity index (χ0n) is 49.3. The number of rotatable bonds is 23. The minimum absolute atomic E-state index is 0.00166. The Balaban J connectivity index is 0.687. The van der Waals surface area contributed by atoms with E-state index in [9.17, 15) is 32.8 Å². The number of nitrogens with two attached hydrogens (primary N) is 1. The van der Waals surface area contributed by atoms with E-state index < -0.39 is 12.0 Å². The molecule has 9 rings (SSSR count). The number of likely N-dealkylation sites (tertiary alicyclic amines) is 1. The lowest BCUT2D eigenvalue weighted by molar-refractivity contribution is -0.133. The van der Waals surface area contributed by atoms with Crippen LogP contribution < -0.4 is 51.8 Å². The number of urea groups is 1. The number of nitrogens with zero attached hydrogens (tertiary/aromatic N) is 10. The molecule has 0 unspecified atom stereocenters. The first kappa shape index (κ1) is 62.4. The Morgan fingerprint density at radius 3 is 2.40 bits per heavy atom. The Hall–Kier alpha value is -8.10. The number of hydrogen-bond donors (Lipinski definition) is 5. The number of methoxy groups -OCH3 is 1. The van der Waals surface area contributed by atoms with Gasteiger partial charge < -0.3 is 70.1 Å². The van der Waals surface area contributed by atoms with Crippen LogP contribution in [-0.4, -0.2) is 171 Å². The molecule has 27 heteroatoms.